The van der Waals surface area contributed by atoms with Crippen molar-refractivity contribution in [1.29, 1.82) is 0 Å². The zero-order valence-corrected chi connectivity index (χ0v) is 13.7. The van der Waals surface area contributed by atoms with Crippen molar-refractivity contribution in [3.05, 3.63) is 29.8 Å². The van der Waals surface area contributed by atoms with Gasteiger partial charge in [0.15, 0.2) is 0 Å². The van der Waals surface area contributed by atoms with E-state index in [0.717, 1.165) is 17.9 Å². The van der Waals surface area contributed by atoms with Gasteiger partial charge in [-0.15, -0.1) is 0 Å². The van der Waals surface area contributed by atoms with Gasteiger partial charge in [0.1, 0.15) is 12.4 Å². The molecule has 1 saturated heterocycles. The van der Waals surface area contributed by atoms with Crippen LogP contribution in [0.15, 0.2) is 24.3 Å². The number of carbonyl (C=O) groups excluding carboxylic acids is 1. The standard InChI is InChI=1S/C17H26N2O3/c1-13-5-4-6-16(9-13)21-8-7-18-17(20)11-19-10-15(3)22-12-14(19)2/h4-6,9,14-15H,7-8,10-12H2,1-3H3,(H,18,20). The van der Waals surface area contributed by atoms with Crippen LogP contribution >= 0.6 is 0 Å². The van der Waals surface area contributed by atoms with Crippen molar-refractivity contribution in [3.63, 3.8) is 0 Å². The highest BCUT2D eigenvalue weighted by Gasteiger charge is 2.24. The molecule has 1 aromatic rings. The Bertz CT molecular complexity index is 493. The number of benzene rings is 1. The van der Waals surface area contributed by atoms with Gasteiger partial charge >= 0.3 is 0 Å². The monoisotopic (exact) mass is 306 g/mol. The van der Waals surface area contributed by atoms with Gasteiger partial charge in [-0.2, -0.15) is 0 Å². The number of nitrogens with one attached hydrogen (secondary N) is 1. The molecule has 1 aliphatic heterocycles. The molecule has 1 heterocycles. The minimum atomic E-state index is 0.0359. The van der Waals surface area contributed by atoms with Gasteiger partial charge in [0.2, 0.25) is 5.91 Å². The fourth-order valence-electron chi connectivity index (χ4n) is 2.50. The van der Waals surface area contributed by atoms with E-state index in [-0.39, 0.29) is 18.1 Å². The first kappa shape index (κ1) is 16.8. The van der Waals surface area contributed by atoms with E-state index in [9.17, 15) is 4.79 Å². The molecule has 2 unspecified atom stereocenters. The summed E-state index contributed by atoms with van der Waals surface area (Å²) >= 11 is 0. The molecule has 22 heavy (non-hydrogen) atoms. The summed E-state index contributed by atoms with van der Waals surface area (Å²) in [5, 5.41) is 2.90. The van der Waals surface area contributed by atoms with Gasteiger partial charge in [0.25, 0.3) is 0 Å². The van der Waals surface area contributed by atoms with Gasteiger partial charge in [0, 0.05) is 12.6 Å². The Labute approximate surface area is 132 Å². The third-order valence-corrected chi connectivity index (χ3v) is 3.77. The van der Waals surface area contributed by atoms with Gasteiger partial charge in [-0.05, 0) is 38.5 Å². The normalized spacial score (nSPS) is 22.3. The molecule has 1 fully saturated rings. The average Bonchev–Trinajstić information content (AvgIpc) is 2.48. The Hall–Kier alpha value is -1.59. The van der Waals surface area contributed by atoms with Crippen LogP contribution in [0, 0.1) is 6.92 Å². The van der Waals surface area contributed by atoms with E-state index < -0.39 is 0 Å². The number of rotatable bonds is 6. The summed E-state index contributed by atoms with van der Waals surface area (Å²) in [6, 6.07) is 8.18. The van der Waals surface area contributed by atoms with Crippen LogP contribution in [0.2, 0.25) is 0 Å². The minimum Gasteiger partial charge on any atom is -0.492 e. The zero-order valence-electron chi connectivity index (χ0n) is 13.7. The lowest BCUT2D eigenvalue weighted by Gasteiger charge is -2.36. The number of morpholine rings is 1. The Morgan fingerprint density at radius 3 is 3.05 bits per heavy atom. The summed E-state index contributed by atoms with van der Waals surface area (Å²) in [5.74, 6) is 0.874. The van der Waals surface area contributed by atoms with Gasteiger partial charge in [-0.25, -0.2) is 0 Å². The second-order valence-electron chi connectivity index (χ2n) is 5.94. The van der Waals surface area contributed by atoms with Crippen molar-refractivity contribution >= 4 is 5.91 Å². The molecule has 0 saturated carbocycles. The third kappa shape index (κ3) is 5.31. The summed E-state index contributed by atoms with van der Waals surface area (Å²) in [7, 11) is 0. The SMILES string of the molecule is Cc1cccc(OCCNC(=O)CN2CC(C)OCC2C)c1. The van der Waals surface area contributed by atoms with Crippen LogP contribution in [-0.4, -0.2) is 55.8 Å². The minimum absolute atomic E-state index is 0.0359. The maximum Gasteiger partial charge on any atom is 0.234 e. The number of nitrogens with zero attached hydrogens (tertiary/aromatic N) is 1. The highest BCUT2D eigenvalue weighted by atomic mass is 16.5. The quantitative estimate of drug-likeness (QED) is 0.811. The molecule has 1 amide bonds. The summed E-state index contributed by atoms with van der Waals surface area (Å²) in [5.41, 5.74) is 1.16. The zero-order chi connectivity index (χ0) is 15.9. The highest BCUT2D eigenvalue weighted by Crippen LogP contribution is 2.12. The second kappa shape index (κ2) is 8.15. The first-order valence-electron chi connectivity index (χ1n) is 7.86. The van der Waals surface area contributed by atoms with Gasteiger partial charge in [-0.3, -0.25) is 9.69 Å². The largest absolute Gasteiger partial charge is 0.492 e. The highest BCUT2D eigenvalue weighted by molar-refractivity contribution is 5.78. The van der Waals surface area contributed by atoms with Gasteiger partial charge in [0.05, 0.1) is 25.8 Å². The first-order valence-corrected chi connectivity index (χ1v) is 7.86. The Morgan fingerprint density at radius 2 is 2.27 bits per heavy atom. The smallest absolute Gasteiger partial charge is 0.234 e. The Kier molecular flexibility index (Phi) is 6.21. The molecule has 2 rings (SSSR count). The van der Waals surface area contributed by atoms with Crippen LogP contribution in [0.1, 0.15) is 19.4 Å². The maximum atomic E-state index is 12.0. The lowest BCUT2D eigenvalue weighted by Crippen LogP contribution is -2.51. The lowest BCUT2D eigenvalue weighted by atomic mass is 10.2. The molecular weight excluding hydrogens is 280 g/mol. The summed E-state index contributed by atoms with van der Waals surface area (Å²) < 4.78 is 11.2. The summed E-state index contributed by atoms with van der Waals surface area (Å²) in [6.07, 6.45) is 0.189. The third-order valence-electron chi connectivity index (χ3n) is 3.77. The lowest BCUT2D eigenvalue weighted by molar-refractivity contribution is -0.126. The molecular formula is C17H26N2O3. The average molecular weight is 306 g/mol. The van der Waals surface area contributed by atoms with Crippen LogP contribution in [0.5, 0.6) is 5.75 Å². The van der Waals surface area contributed by atoms with Crippen molar-refractivity contribution in [2.75, 3.05) is 32.8 Å². The Morgan fingerprint density at radius 1 is 1.45 bits per heavy atom. The summed E-state index contributed by atoms with van der Waals surface area (Å²) in [6.45, 7) is 9.04. The van der Waals surface area contributed by atoms with E-state index in [1.54, 1.807) is 0 Å². The van der Waals surface area contributed by atoms with E-state index in [0.29, 0.717) is 26.3 Å². The van der Waals surface area contributed by atoms with Crippen molar-refractivity contribution in [2.24, 2.45) is 0 Å². The number of hydrogen-bond acceptors (Lipinski definition) is 4. The van der Waals surface area contributed by atoms with Gasteiger partial charge < -0.3 is 14.8 Å². The molecule has 0 bridgehead atoms. The van der Waals surface area contributed by atoms with Crippen LogP contribution in [0.3, 0.4) is 0 Å². The van der Waals surface area contributed by atoms with Crippen LogP contribution in [-0.2, 0) is 9.53 Å². The fraction of sp³-hybridized carbons (Fsp3) is 0.588. The van der Waals surface area contributed by atoms with Gasteiger partial charge in [-0.1, -0.05) is 12.1 Å². The molecule has 0 aliphatic carbocycles. The van der Waals surface area contributed by atoms with E-state index in [1.165, 1.54) is 0 Å². The Balaban J connectivity index is 1.65. The molecule has 5 heteroatoms. The number of hydrogen-bond donors (Lipinski definition) is 1. The molecule has 0 spiro atoms. The van der Waals surface area contributed by atoms with Crippen LogP contribution in [0.25, 0.3) is 0 Å². The van der Waals surface area contributed by atoms with Crippen LogP contribution in [0.4, 0.5) is 0 Å². The maximum absolute atomic E-state index is 12.0. The second-order valence-corrected chi connectivity index (χ2v) is 5.94. The molecule has 1 aliphatic rings. The number of ether oxygens (including phenoxy) is 2. The van der Waals surface area contributed by atoms with E-state index in [2.05, 4.69) is 17.1 Å². The number of carbonyl (C=O) groups is 1. The molecule has 0 aromatic heterocycles. The molecule has 1 aromatic carbocycles. The predicted molar refractivity (Wildman–Crippen MR) is 86.1 cm³/mol. The fourth-order valence-corrected chi connectivity index (χ4v) is 2.50. The summed E-state index contributed by atoms with van der Waals surface area (Å²) in [4.78, 5) is 14.1. The van der Waals surface area contributed by atoms with Crippen LogP contribution < -0.4 is 10.1 Å². The van der Waals surface area contributed by atoms with Crippen molar-refractivity contribution in [2.45, 2.75) is 32.9 Å². The van der Waals surface area contributed by atoms with E-state index >= 15 is 0 Å². The van der Waals surface area contributed by atoms with E-state index in [1.807, 2.05) is 38.1 Å². The first-order chi connectivity index (χ1) is 10.5. The number of aryl methyl sites for hydroxylation is 1. The molecule has 122 valence electrons. The molecule has 2 atom stereocenters. The number of amides is 1. The molecule has 0 radical (unpaired) electrons. The predicted octanol–water partition coefficient (Wildman–Crippen LogP) is 1.60. The van der Waals surface area contributed by atoms with Crippen molar-refractivity contribution in [1.82, 2.24) is 10.2 Å². The molecule has 5 nitrogen and oxygen atoms in total. The van der Waals surface area contributed by atoms with Crippen molar-refractivity contribution < 1.29 is 14.3 Å². The topological polar surface area (TPSA) is 50.8 Å². The van der Waals surface area contributed by atoms with Crippen molar-refractivity contribution in [3.8, 4) is 5.75 Å². The molecule has 1 N–H and O–H groups in total. The van der Waals surface area contributed by atoms with E-state index in [4.69, 9.17) is 9.47 Å².